The van der Waals surface area contributed by atoms with E-state index in [0.29, 0.717) is 5.92 Å². The lowest BCUT2D eigenvalue weighted by molar-refractivity contribution is -0.0384. The van der Waals surface area contributed by atoms with E-state index in [4.69, 9.17) is 0 Å². The van der Waals surface area contributed by atoms with Crippen LogP contribution in [0.4, 0.5) is 0 Å². The average molecular weight is 318 g/mol. The summed E-state index contributed by atoms with van der Waals surface area (Å²) in [5.74, 6) is 0.746. The van der Waals surface area contributed by atoms with Crippen molar-refractivity contribution in [1.29, 1.82) is 0 Å². The quantitative estimate of drug-likeness (QED) is 0.782. The summed E-state index contributed by atoms with van der Waals surface area (Å²) in [6.45, 7) is 8.77. The lowest BCUT2D eigenvalue weighted by atomic mass is 9.49. The summed E-state index contributed by atoms with van der Waals surface area (Å²) >= 11 is 0. The molecule has 1 aromatic rings. The van der Waals surface area contributed by atoms with Crippen molar-refractivity contribution in [2.75, 3.05) is 6.61 Å². The second-order valence-corrected chi connectivity index (χ2v) is 8.71. The van der Waals surface area contributed by atoms with Crippen molar-refractivity contribution in [2.24, 2.45) is 11.3 Å². The summed E-state index contributed by atoms with van der Waals surface area (Å²) in [5, 5.41) is 30.3. The molecule has 0 bridgehead atoms. The van der Waals surface area contributed by atoms with Crippen molar-refractivity contribution < 1.29 is 15.3 Å². The van der Waals surface area contributed by atoms with Gasteiger partial charge in [0.25, 0.3) is 0 Å². The predicted molar refractivity (Wildman–Crippen MR) is 91.8 cm³/mol. The largest absolute Gasteiger partial charge is 0.508 e. The van der Waals surface area contributed by atoms with Gasteiger partial charge in [-0.05, 0) is 65.2 Å². The topological polar surface area (TPSA) is 60.7 Å². The van der Waals surface area contributed by atoms with Crippen LogP contribution in [0.25, 0.3) is 0 Å². The number of hydrogen-bond acceptors (Lipinski definition) is 3. The Balaban J connectivity index is 2.11. The molecule has 1 aromatic carbocycles. The normalized spacial score (nSPS) is 33.7. The van der Waals surface area contributed by atoms with E-state index in [2.05, 4.69) is 26.8 Å². The average Bonchev–Trinajstić information content (AvgIpc) is 2.44. The summed E-state index contributed by atoms with van der Waals surface area (Å²) in [6.07, 6.45) is 3.48. The second-order valence-electron chi connectivity index (χ2n) is 8.71. The molecule has 0 radical (unpaired) electrons. The highest BCUT2D eigenvalue weighted by molar-refractivity contribution is 5.49. The van der Waals surface area contributed by atoms with Gasteiger partial charge < -0.3 is 15.3 Å². The Hall–Kier alpha value is -1.06. The summed E-state index contributed by atoms with van der Waals surface area (Å²) in [7, 11) is 0. The van der Waals surface area contributed by atoms with E-state index < -0.39 is 0 Å². The number of aliphatic hydroxyl groups excluding tert-OH is 2. The molecule has 0 spiro atoms. The Morgan fingerprint density at radius 1 is 1.22 bits per heavy atom. The fraction of sp³-hybridized carbons (Fsp3) is 0.700. The first-order chi connectivity index (χ1) is 10.7. The SMILES string of the molecule is CC(CO)c1cc2c(cc1O)C1(C)CC(O)CC(C)(C)C1CC2. The molecule has 3 heteroatoms. The Kier molecular flexibility index (Phi) is 4.01. The third-order valence-corrected chi connectivity index (χ3v) is 6.51. The molecular weight excluding hydrogens is 288 g/mol. The number of phenolic OH excluding ortho intramolecular Hbond substituents is 1. The molecule has 1 saturated carbocycles. The lowest BCUT2D eigenvalue weighted by Crippen LogP contribution is -2.52. The lowest BCUT2D eigenvalue weighted by Gasteiger charge is -2.55. The molecule has 0 aliphatic heterocycles. The highest BCUT2D eigenvalue weighted by atomic mass is 16.3. The summed E-state index contributed by atoms with van der Waals surface area (Å²) < 4.78 is 0. The zero-order valence-electron chi connectivity index (χ0n) is 14.8. The Morgan fingerprint density at radius 2 is 1.91 bits per heavy atom. The van der Waals surface area contributed by atoms with Gasteiger partial charge >= 0.3 is 0 Å². The molecule has 3 nitrogen and oxygen atoms in total. The van der Waals surface area contributed by atoms with Crippen LogP contribution in [0.1, 0.15) is 69.6 Å². The number of hydrogen-bond donors (Lipinski definition) is 3. The van der Waals surface area contributed by atoms with Gasteiger partial charge in [-0.2, -0.15) is 0 Å². The second kappa shape index (κ2) is 5.49. The minimum absolute atomic E-state index is 0.0397. The third kappa shape index (κ3) is 2.58. The van der Waals surface area contributed by atoms with Gasteiger partial charge in [0.05, 0.1) is 6.10 Å². The molecule has 4 unspecified atom stereocenters. The molecule has 2 aliphatic carbocycles. The highest BCUT2D eigenvalue weighted by Gasteiger charge is 2.52. The zero-order valence-corrected chi connectivity index (χ0v) is 14.8. The number of fused-ring (bicyclic) bond motifs is 3. The maximum Gasteiger partial charge on any atom is 0.119 e. The van der Waals surface area contributed by atoms with Gasteiger partial charge in [-0.1, -0.05) is 33.8 Å². The van der Waals surface area contributed by atoms with E-state index in [9.17, 15) is 15.3 Å². The number of aliphatic hydroxyl groups is 2. The minimum atomic E-state index is -0.282. The molecule has 128 valence electrons. The predicted octanol–water partition coefficient (Wildman–Crippen LogP) is 3.49. The van der Waals surface area contributed by atoms with Crippen LogP contribution >= 0.6 is 0 Å². The number of aryl methyl sites for hydroxylation is 1. The van der Waals surface area contributed by atoms with Crippen molar-refractivity contribution >= 4 is 0 Å². The third-order valence-electron chi connectivity index (χ3n) is 6.51. The van der Waals surface area contributed by atoms with Gasteiger partial charge in [0, 0.05) is 12.5 Å². The maximum atomic E-state index is 10.5. The van der Waals surface area contributed by atoms with Gasteiger partial charge in [0.1, 0.15) is 5.75 Å². The van der Waals surface area contributed by atoms with E-state index in [1.165, 1.54) is 11.1 Å². The smallest absolute Gasteiger partial charge is 0.119 e. The Labute approximate surface area is 139 Å². The molecule has 0 amide bonds. The first kappa shape index (κ1) is 16.8. The molecule has 3 rings (SSSR count). The molecule has 0 saturated heterocycles. The van der Waals surface area contributed by atoms with Gasteiger partial charge in [-0.3, -0.25) is 0 Å². The summed E-state index contributed by atoms with van der Waals surface area (Å²) in [4.78, 5) is 0. The van der Waals surface area contributed by atoms with Gasteiger partial charge in [0.2, 0.25) is 0 Å². The highest BCUT2D eigenvalue weighted by Crippen LogP contribution is 2.57. The zero-order chi connectivity index (χ0) is 17.0. The van der Waals surface area contributed by atoms with Crippen LogP contribution in [-0.4, -0.2) is 28.0 Å². The maximum absolute atomic E-state index is 10.5. The molecule has 0 heterocycles. The Bertz CT molecular complexity index is 607. The molecular formula is C20H30O3. The fourth-order valence-corrected chi connectivity index (χ4v) is 5.51. The van der Waals surface area contributed by atoms with Crippen molar-refractivity contribution in [1.82, 2.24) is 0 Å². The van der Waals surface area contributed by atoms with Crippen LogP contribution in [0.2, 0.25) is 0 Å². The molecule has 0 aromatic heterocycles. The van der Waals surface area contributed by atoms with Gasteiger partial charge in [0.15, 0.2) is 0 Å². The fourth-order valence-electron chi connectivity index (χ4n) is 5.51. The van der Waals surface area contributed by atoms with Crippen molar-refractivity contribution in [3.05, 3.63) is 28.8 Å². The monoisotopic (exact) mass is 318 g/mol. The van der Waals surface area contributed by atoms with Crippen LogP contribution in [0.3, 0.4) is 0 Å². The van der Waals surface area contributed by atoms with Crippen LogP contribution in [-0.2, 0) is 11.8 Å². The van der Waals surface area contributed by atoms with E-state index in [0.717, 1.165) is 31.2 Å². The van der Waals surface area contributed by atoms with Crippen LogP contribution in [0, 0.1) is 11.3 Å². The molecule has 4 atom stereocenters. The summed E-state index contributed by atoms with van der Waals surface area (Å²) in [6, 6.07) is 4.00. The standard InChI is InChI=1S/C20H30O3/c1-12(11-21)15-7-13-5-6-18-19(2,3)9-14(22)10-20(18,4)16(13)8-17(15)23/h7-8,12,14,18,21-23H,5-6,9-11H2,1-4H3. The minimum Gasteiger partial charge on any atom is -0.508 e. The number of benzene rings is 1. The van der Waals surface area contributed by atoms with Crippen LogP contribution < -0.4 is 0 Å². The number of phenols is 1. The molecule has 2 aliphatic rings. The van der Waals surface area contributed by atoms with Crippen LogP contribution in [0.5, 0.6) is 5.75 Å². The van der Waals surface area contributed by atoms with Gasteiger partial charge in [-0.15, -0.1) is 0 Å². The molecule has 23 heavy (non-hydrogen) atoms. The van der Waals surface area contributed by atoms with Crippen molar-refractivity contribution in [3.8, 4) is 5.75 Å². The summed E-state index contributed by atoms with van der Waals surface area (Å²) in [5.41, 5.74) is 3.34. The number of rotatable bonds is 2. The van der Waals surface area contributed by atoms with Crippen molar-refractivity contribution in [3.63, 3.8) is 0 Å². The van der Waals surface area contributed by atoms with E-state index in [1.54, 1.807) is 0 Å². The van der Waals surface area contributed by atoms with E-state index in [-0.39, 0.29) is 35.2 Å². The molecule has 3 N–H and O–H groups in total. The molecule has 1 fully saturated rings. The van der Waals surface area contributed by atoms with Crippen LogP contribution in [0.15, 0.2) is 12.1 Å². The Morgan fingerprint density at radius 3 is 2.57 bits per heavy atom. The van der Waals surface area contributed by atoms with Gasteiger partial charge in [-0.25, -0.2) is 0 Å². The number of aromatic hydroxyl groups is 1. The van der Waals surface area contributed by atoms with E-state index in [1.807, 2.05) is 13.0 Å². The van der Waals surface area contributed by atoms with Crippen molar-refractivity contribution in [2.45, 2.75) is 70.8 Å². The van der Waals surface area contributed by atoms with E-state index >= 15 is 0 Å². The first-order valence-corrected chi connectivity index (χ1v) is 8.84. The first-order valence-electron chi connectivity index (χ1n) is 8.84.